The molecule has 3 N–H and O–H groups in total. The minimum atomic E-state index is -4.42. The first-order chi connectivity index (χ1) is 6.69. The first-order valence-corrected chi connectivity index (χ1v) is 6.20. The molecule has 6 nitrogen and oxygen atoms in total. The highest BCUT2D eigenvalue weighted by molar-refractivity contribution is 7.46. The molecule has 1 amide bonds. The molecule has 0 bridgehead atoms. The summed E-state index contributed by atoms with van der Waals surface area (Å²) in [5.74, 6) is -0.153. The van der Waals surface area contributed by atoms with Crippen molar-refractivity contribution in [3.63, 3.8) is 0 Å². The van der Waals surface area contributed by atoms with Crippen LogP contribution in [0.15, 0.2) is 0 Å². The van der Waals surface area contributed by atoms with Crippen molar-refractivity contribution in [1.82, 2.24) is 5.32 Å². The third-order valence-electron chi connectivity index (χ3n) is 2.15. The summed E-state index contributed by atoms with van der Waals surface area (Å²) in [7, 11) is -4.42. The number of carbonyl (C=O) groups excluding carboxylic acids is 1. The Morgan fingerprint density at radius 1 is 1.47 bits per heavy atom. The highest BCUT2D eigenvalue weighted by atomic mass is 31.2. The van der Waals surface area contributed by atoms with Gasteiger partial charge in [0.25, 0.3) is 0 Å². The summed E-state index contributed by atoms with van der Waals surface area (Å²) in [6.45, 7) is 5.38. The number of carbonyl (C=O) groups is 1. The summed E-state index contributed by atoms with van der Waals surface area (Å²) < 4.78 is 14.5. The van der Waals surface area contributed by atoms with E-state index in [1.165, 1.54) is 0 Å². The Morgan fingerprint density at radius 2 is 2.00 bits per heavy atom. The fourth-order valence-corrected chi connectivity index (χ4v) is 1.06. The molecule has 0 aliphatic rings. The van der Waals surface area contributed by atoms with Crippen LogP contribution in [0.1, 0.15) is 27.2 Å². The van der Waals surface area contributed by atoms with Crippen LogP contribution in [-0.2, 0) is 13.9 Å². The van der Waals surface area contributed by atoms with Gasteiger partial charge in [-0.15, -0.1) is 0 Å². The minimum Gasteiger partial charge on any atom is -0.353 e. The van der Waals surface area contributed by atoms with E-state index in [9.17, 15) is 9.36 Å². The highest BCUT2D eigenvalue weighted by Crippen LogP contribution is 2.35. The molecule has 90 valence electrons. The van der Waals surface area contributed by atoms with Gasteiger partial charge in [0.2, 0.25) is 5.91 Å². The van der Waals surface area contributed by atoms with Gasteiger partial charge in [-0.1, -0.05) is 20.8 Å². The first-order valence-electron chi connectivity index (χ1n) is 4.67. The van der Waals surface area contributed by atoms with Crippen molar-refractivity contribution in [2.75, 3.05) is 13.2 Å². The van der Waals surface area contributed by atoms with E-state index in [0.717, 1.165) is 0 Å². The maximum absolute atomic E-state index is 11.5. The molecule has 0 aliphatic heterocycles. The standard InChI is InChI=1S/C8H18NO5P/c1-4-8(2,3)7(10)9-5-6-14-15(11,12)13/h4-6H2,1-3H3,(H,9,10)(H2,11,12,13). The molecule has 0 unspecified atom stereocenters. The lowest BCUT2D eigenvalue weighted by Gasteiger charge is -2.21. The fraction of sp³-hybridized carbons (Fsp3) is 0.875. The zero-order valence-corrected chi connectivity index (χ0v) is 10.1. The molecule has 0 aromatic heterocycles. The molecule has 15 heavy (non-hydrogen) atoms. The van der Waals surface area contributed by atoms with E-state index < -0.39 is 13.2 Å². The van der Waals surface area contributed by atoms with Crippen molar-refractivity contribution in [3.05, 3.63) is 0 Å². The van der Waals surface area contributed by atoms with E-state index in [1.807, 2.05) is 6.92 Å². The van der Waals surface area contributed by atoms with E-state index in [1.54, 1.807) is 13.8 Å². The molecule has 0 aromatic carbocycles. The molecule has 0 rings (SSSR count). The monoisotopic (exact) mass is 239 g/mol. The van der Waals surface area contributed by atoms with Crippen molar-refractivity contribution in [2.45, 2.75) is 27.2 Å². The third kappa shape index (κ3) is 6.62. The predicted octanol–water partition coefficient (Wildman–Crippen LogP) is 0.648. The zero-order chi connectivity index (χ0) is 12.1. The van der Waals surface area contributed by atoms with Gasteiger partial charge in [-0.3, -0.25) is 9.32 Å². The van der Waals surface area contributed by atoms with Gasteiger partial charge in [-0.05, 0) is 6.42 Å². The molecule has 7 heteroatoms. The smallest absolute Gasteiger partial charge is 0.353 e. The van der Waals surface area contributed by atoms with Crippen LogP contribution < -0.4 is 5.32 Å². The van der Waals surface area contributed by atoms with E-state index in [-0.39, 0.29) is 19.1 Å². The van der Waals surface area contributed by atoms with Crippen molar-refractivity contribution in [3.8, 4) is 0 Å². The van der Waals surface area contributed by atoms with Crippen molar-refractivity contribution < 1.29 is 23.7 Å². The Hall–Kier alpha value is -0.420. The number of phosphoric ester groups is 1. The zero-order valence-electron chi connectivity index (χ0n) is 9.19. The Morgan fingerprint density at radius 3 is 2.40 bits per heavy atom. The number of hydrogen-bond donors (Lipinski definition) is 3. The van der Waals surface area contributed by atoms with Crippen LogP contribution in [0.4, 0.5) is 0 Å². The first kappa shape index (κ1) is 14.6. The number of hydrogen-bond acceptors (Lipinski definition) is 3. The second-order valence-corrected chi connectivity index (χ2v) is 5.06. The molecular weight excluding hydrogens is 221 g/mol. The predicted molar refractivity (Wildman–Crippen MR) is 55.1 cm³/mol. The van der Waals surface area contributed by atoms with Crippen molar-refractivity contribution >= 4 is 13.7 Å². The number of rotatable bonds is 6. The minimum absolute atomic E-state index is 0.0906. The topological polar surface area (TPSA) is 95.9 Å². The van der Waals surface area contributed by atoms with Gasteiger partial charge >= 0.3 is 7.82 Å². The van der Waals surface area contributed by atoms with E-state index in [4.69, 9.17) is 9.79 Å². The Balaban J connectivity index is 3.79. The molecule has 0 saturated heterocycles. The van der Waals surface area contributed by atoms with Gasteiger partial charge in [-0.2, -0.15) is 0 Å². The largest absolute Gasteiger partial charge is 0.469 e. The molecule has 0 aromatic rings. The van der Waals surface area contributed by atoms with E-state index in [2.05, 4.69) is 9.84 Å². The fourth-order valence-electron chi connectivity index (χ4n) is 0.729. The summed E-state index contributed by atoms with van der Waals surface area (Å²) in [5.41, 5.74) is -0.470. The average molecular weight is 239 g/mol. The van der Waals surface area contributed by atoms with Gasteiger partial charge in [0, 0.05) is 12.0 Å². The lowest BCUT2D eigenvalue weighted by Crippen LogP contribution is -2.38. The normalized spacial score (nSPS) is 12.6. The second kappa shape index (κ2) is 5.61. The quantitative estimate of drug-likeness (QED) is 0.467. The van der Waals surface area contributed by atoms with E-state index in [0.29, 0.717) is 6.42 Å². The van der Waals surface area contributed by atoms with Crippen LogP contribution in [0.2, 0.25) is 0 Å². The Kier molecular flexibility index (Phi) is 5.45. The highest BCUT2D eigenvalue weighted by Gasteiger charge is 2.24. The number of phosphoric acid groups is 1. The van der Waals surface area contributed by atoms with Gasteiger partial charge in [0.1, 0.15) is 0 Å². The van der Waals surface area contributed by atoms with Crippen LogP contribution in [0.5, 0.6) is 0 Å². The Labute approximate surface area is 89.3 Å². The molecule has 0 saturated carbocycles. The van der Waals surface area contributed by atoms with Gasteiger partial charge in [0.05, 0.1) is 6.61 Å². The van der Waals surface area contributed by atoms with Gasteiger partial charge in [0.15, 0.2) is 0 Å². The molecule has 0 spiro atoms. The lowest BCUT2D eigenvalue weighted by atomic mass is 9.89. The van der Waals surface area contributed by atoms with Crippen molar-refractivity contribution in [2.24, 2.45) is 5.41 Å². The summed E-state index contributed by atoms with van der Waals surface area (Å²) >= 11 is 0. The van der Waals surface area contributed by atoms with Crippen molar-refractivity contribution in [1.29, 1.82) is 0 Å². The van der Waals surface area contributed by atoms with Crippen LogP contribution in [-0.4, -0.2) is 28.8 Å². The van der Waals surface area contributed by atoms with Gasteiger partial charge in [-0.25, -0.2) is 4.57 Å². The summed E-state index contributed by atoms with van der Waals surface area (Å²) in [4.78, 5) is 28.2. The van der Waals surface area contributed by atoms with Gasteiger partial charge < -0.3 is 15.1 Å². The third-order valence-corrected chi connectivity index (χ3v) is 2.66. The van der Waals surface area contributed by atoms with Crippen LogP contribution in [0.25, 0.3) is 0 Å². The molecule has 0 aliphatic carbocycles. The maximum Gasteiger partial charge on any atom is 0.469 e. The summed E-state index contributed by atoms with van der Waals surface area (Å²) in [5, 5.41) is 2.54. The maximum atomic E-state index is 11.5. The Bertz CT molecular complexity index is 260. The summed E-state index contributed by atoms with van der Waals surface area (Å²) in [6, 6.07) is 0. The van der Waals surface area contributed by atoms with Crippen LogP contribution in [0, 0.1) is 5.41 Å². The second-order valence-electron chi connectivity index (χ2n) is 3.82. The average Bonchev–Trinajstić information content (AvgIpc) is 2.10. The van der Waals surface area contributed by atoms with Crippen LogP contribution in [0.3, 0.4) is 0 Å². The number of amides is 1. The molecular formula is C8H18NO5P. The molecule has 0 heterocycles. The summed E-state index contributed by atoms with van der Waals surface area (Å²) in [6.07, 6.45) is 0.693. The van der Waals surface area contributed by atoms with Crippen LogP contribution >= 0.6 is 7.82 Å². The number of nitrogens with one attached hydrogen (secondary N) is 1. The molecule has 0 fully saturated rings. The molecule has 0 atom stereocenters. The SMILES string of the molecule is CCC(C)(C)C(=O)NCCOP(=O)(O)O. The van der Waals surface area contributed by atoms with E-state index >= 15 is 0 Å². The lowest BCUT2D eigenvalue weighted by molar-refractivity contribution is -0.129. The molecule has 0 radical (unpaired) electrons.